The molecule has 2 aliphatic rings. The number of amidine groups is 1. The van der Waals surface area contributed by atoms with Crippen molar-refractivity contribution in [2.24, 2.45) is 4.99 Å². The number of benzene rings is 2. The number of carbonyl (C=O) groups is 1. The summed E-state index contributed by atoms with van der Waals surface area (Å²) in [5.74, 6) is -0.347. The first-order chi connectivity index (χ1) is 17.2. The van der Waals surface area contributed by atoms with Crippen LogP contribution in [0.3, 0.4) is 0 Å². The lowest BCUT2D eigenvalue weighted by Crippen LogP contribution is -2.28. The molecule has 0 saturated heterocycles. The molecule has 0 aliphatic carbocycles. The Kier molecular flexibility index (Phi) is 3.64. The van der Waals surface area contributed by atoms with Crippen LogP contribution in [-0.2, 0) is 11.0 Å². The molecule has 1 N–H and O–H groups in total. The molecule has 158 valence electrons. The van der Waals surface area contributed by atoms with Gasteiger partial charge in [-0.15, -0.1) is 0 Å². The molecule has 0 radical (unpaired) electrons. The zero-order valence-electron chi connectivity index (χ0n) is 22.0. The van der Waals surface area contributed by atoms with Crippen molar-refractivity contribution in [1.82, 2.24) is 0 Å². The number of anilines is 1. The van der Waals surface area contributed by atoms with Crippen molar-refractivity contribution in [1.29, 1.82) is 0 Å². The van der Waals surface area contributed by atoms with Gasteiger partial charge in [-0.2, -0.15) is 17.7 Å². The first kappa shape index (κ1) is 14.3. The fourth-order valence-electron chi connectivity index (χ4n) is 2.95. The number of amides is 1. The lowest BCUT2D eigenvalue weighted by molar-refractivity contribution is -0.336. The van der Waals surface area contributed by atoms with Gasteiger partial charge < -0.3 is 10.1 Å². The average Bonchev–Trinajstić information content (AvgIpc) is 3.15. The SMILES string of the molecule is [2H]C1=C(C([2H])([2H])[2H])C([2H])=[N+]2C(=NC(C)=C2C(=O)Nc2ccc(Oc3ccc(C(F)(F)F)cc3)cc2)C1[2H]. The van der Waals surface area contributed by atoms with Gasteiger partial charge in [0.15, 0.2) is 0 Å². The van der Waals surface area contributed by atoms with Crippen molar-refractivity contribution in [3.63, 3.8) is 0 Å². The number of aliphatic imine (C=N–C) groups is 1. The zero-order valence-corrected chi connectivity index (χ0v) is 16.0. The molecule has 0 fully saturated rings. The number of fused-ring (bicyclic) bond motifs is 1. The molecule has 1 unspecified atom stereocenters. The molecule has 1 amide bonds. The smallest absolute Gasteiger partial charge is 0.416 e. The molecule has 2 aromatic rings. The number of allylic oxidation sites excluding steroid dienone is 2. The van der Waals surface area contributed by atoms with Gasteiger partial charge in [0.25, 0.3) is 5.91 Å². The van der Waals surface area contributed by atoms with Crippen molar-refractivity contribution < 1.29 is 35.5 Å². The maximum absolute atomic E-state index is 13.1. The lowest BCUT2D eigenvalue weighted by Gasteiger charge is -2.11. The molecule has 2 heterocycles. The number of nitrogens with one attached hydrogen (secondary N) is 1. The van der Waals surface area contributed by atoms with Crippen LogP contribution in [-0.4, -0.2) is 22.5 Å². The van der Waals surface area contributed by atoms with Crippen molar-refractivity contribution in [3.8, 4) is 11.5 Å². The van der Waals surface area contributed by atoms with Crippen molar-refractivity contribution in [3.05, 3.63) is 77.1 Å². The van der Waals surface area contributed by atoms with Gasteiger partial charge in [-0.1, -0.05) is 6.05 Å². The summed E-state index contributed by atoms with van der Waals surface area (Å²) in [5.41, 5.74) is -1.12. The predicted molar refractivity (Wildman–Crippen MR) is 111 cm³/mol. The number of alkyl halides is 3. The highest BCUT2D eigenvalue weighted by Gasteiger charge is 2.36. The number of nitrogens with zero attached hydrogens (tertiary/aromatic N) is 2. The second kappa shape index (κ2) is 7.86. The summed E-state index contributed by atoms with van der Waals surface area (Å²) in [5, 5.41) is 2.61. The normalized spacial score (nSPS) is 21.9. The van der Waals surface area contributed by atoms with E-state index >= 15 is 0 Å². The lowest BCUT2D eigenvalue weighted by atomic mass is 10.2. The van der Waals surface area contributed by atoms with E-state index in [1.807, 2.05) is 0 Å². The Balaban J connectivity index is 1.52. The molecule has 8 heteroatoms. The summed E-state index contributed by atoms with van der Waals surface area (Å²) in [6.07, 6.45) is -6.56. The zero-order chi connectivity index (χ0) is 27.3. The van der Waals surface area contributed by atoms with E-state index in [2.05, 4.69) is 10.3 Å². The molecule has 0 spiro atoms. The fraction of sp³-hybridized carbons (Fsp3) is 0.174. The number of halogens is 3. The molecular formula is C23H19F3N3O2+. The monoisotopic (exact) mass is 432 g/mol. The van der Waals surface area contributed by atoms with E-state index in [1.165, 1.54) is 43.3 Å². The van der Waals surface area contributed by atoms with Gasteiger partial charge >= 0.3 is 12.0 Å². The largest absolute Gasteiger partial charge is 0.457 e. The van der Waals surface area contributed by atoms with Crippen LogP contribution in [0.15, 0.2) is 76.5 Å². The Morgan fingerprint density at radius 1 is 1.19 bits per heavy atom. The Morgan fingerprint density at radius 2 is 1.84 bits per heavy atom. The van der Waals surface area contributed by atoms with E-state index in [4.69, 9.17) is 13.0 Å². The molecule has 0 saturated carbocycles. The highest BCUT2D eigenvalue weighted by molar-refractivity contribution is 6.06. The predicted octanol–water partition coefficient (Wildman–Crippen LogP) is 5.51. The Morgan fingerprint density at radius 3 is 2.45 bits per heavy atom. The number of hydrogen-bond acceptors (Lipinski definition) is 3. The van der Waals surface area contributed by atoms with E-state index in [1.54, 1.807) is 0 Å². The topological polar surface area (TPSA) is 53.7 Å². The summed E-state index contributed by atoms with van der Waals surface area (Å²) in [6.45, 7) is -1.36. The van der Waals surface area contributed by atoms with Gasteiger partial charge in [0, 0.05) is 18.1 Å². The van der Waals surface area contributed by atoms with Crippen LogP contribution < -0.4 is 10.1 Å². The molecule has 5 nitrogen and oxygen atoms in total. The van der Waals surface area contributed by atoms with Crippen LogP contribution in [0.4, 0.5) is 18.9 Å². The van der Waals surface area contributed by atoms with Crippen LogP contribution in [0, 0.1) is 0 Å². The molecule has 1 atom stereocenters. The van der Waals surface area contributed by atoms with E-state index in [9.17, 15) is 18.0 Å². The molecule has 31 heavy (non-hydrogen) atoms. The standard InChI is InChI=1S/C23H18F3N3O2/c1-14-3-12-20-27-15(2)21(29(20)13-14)22(30)28-17-6-10-19(11-7-17)31-18-8-4-16(5-9-18)23(24,25)26/h3-11,13H,12H2,1-2H3/p+1/i1D3,3D,12D,13D. The van der Waals surface area contributed by atoms with Gasteiger partial charge in [-0.05, 0) is 65.9 Å². The average molecular weight is 432 g/mol. The summed E-state index contributed by atoms with van der Waals surface area (Å²) < 4.78 is 92.2. The molecule has 4 rings (SSSR count). The van der Waals surface area contributed by atoms with Crippen LogP contribution in [0.5, 0.6) is 11.5 Å². The fourth-order valence-corrected chi connectivity index (χ4v) is 2.95. The second-order valence-electron chi connectivity index (χ2n) is 6.62. The summed E-state index contributed by atoms with van der Waals surface area (Å²) in [6, 6.07) is 9.51. The van der Waals surface area contributed by atoms with Crippen molar-refractivity contribution in [2.75, 3.05) is 5.32 Å². The maximum Gasteiger partial charge on any atom is 0.416 e. The van der Waals surface area contributed by atoms with E-state index in [0.717, 1.165) is 16.7 Å². The van der Waals surface area contributed by atoms with E-state index in [-0.39, 0.29) is 23.0 Å². The van der Waals surface area contributed by atoms with Gasteiger partial charge in [0.2, 0.25) is 11.4 Å². The number of rotatable bonds is 4. The third-order valence-corrected chi connectivity index (χ3v) is 4.39. The first-order valence-electron chi connectivity index (χ1n) is 12.1. The molecule has 0 aromatic heterocycles. The van der Waals surface area contributed by atoms with Crippen LogP contribution in [0.25, 0.3) is 0 Å². The molecule has 0 bridgehead atoms. The van der Waals surface area contributed by atoms with Crippen molar-refractivity contribution in [2.45, 2.75) is 26.3 Å². The Labute approximate surface area is 185 Å². The van der Waals surface area contributed by atoms with Crippen LogP contribution in [0.2, 0.25) is 0 Å². The first-order valence-corrected chi connectivity index (χ1v) is 9.02. The maximum atomic E-state index is 13.1. The minimum Gasteiger partial charge on any atom is -0.457 e. The van der Waals surface area contributed by atoms with E-state index in [0.29, 0.717) is 11.4 Å². The minimum atomic E-state index is -4.46. The van der Waals surface area contributed by atoms with Crippen molar-refractivity contribution >= 4 is 23.6 Å². The number of ether oxygens (including phenoxy) is 1. The third kappa shape index (κ3) is 4.42. The molecule has 2 aromatic carbocycles. The number of carbonyl (C=O) groups excluding carboxylic acids is 1. The second-order valence-corrected chi connectivity index (χ2v) is 6.62. The minimum absolute atomic E-state index is 0.106. The highest BCUT2D eigenvalue weighted by atomic mass is 19.4. The Hall–Kier alpha value is -3.68. The third-order valence-electron chi connectivity index (χ3n) is 4.39. The van der Waals surface area contributed by atoms with Gasteiger partial charge in [0.05, 0.1) is 19.5 Å². The number of hydrogen-bond donors (Lipinski definition) is 1. The van der Waals surface area contributed by atoms with Gasteiger partial charge in [-0.25, -0.2) is 0 Å². The summed E-state index contributed by atoms with van der Waals surface area (Å²) in [7, 11) is 0. The van der Waals surface area contributed by atoms with Crippen LogP contribution in [0.1, 0.15) is 34.0 Å². The summed E-state index contributed by atoms with van der Waals surface area (Å²) in [4.78, 5) is 17.2. The van der Waals surface area contributed by atoms with Gasteiger partial charge in [-0.3, -0.25) is 4.79 Å². The highest BCUT2D eigenvalue weighted by Crippen LogP contribution is 2.31. The van der Waals surface area contributed by atoms with Crippen LogP contribution >= 0.6 is 0 Å². The quantitative estimate of drug-likeness (QED) is 0.648. The summed E-state index contributed by atoms with van der Waals surface area (Å²) >= 11 is 0. The Bertz CT molecular complexity index is 1390. The van der Waals surface area contributed by atoms with E-state index < -0.39 is 48.7 Å². The molecule has 2 aliphatic heterocycles. The van der Waals surface area contributed by atoms with Gasteiger partial charge in [0.1, 0.15) is 12.9 Å². The molecular weight excluding hydrogens is 407 g/mol.